The molecule has 0 bridgehead atoms. The van der Waals surface area contributed by atoms with Crippen molar-refractivity contribution >= 4 is 21.2 Å². The van der Waals surface area contributed by atoms with Crippen molar-refractivity contribution in [1.29, 1.82) is 0 Å². The van der Waals surface area contributed by atoms with Crippen LogP contribution in [0.2, 0.25) is 0 Å². The molecule has 3 rings (SSSR count). The Balaban J connectivity index is 1.75. The van der Waals surface area contributed by atoms with Crippen LogP contribution in [0, 0.1) is 0 Å². The summed E-state index contributed by atoms with van der Waals surface area (Å²) in [6, 6.07) is 7.96. The number of nitrogens with zero attached hydrogens (tertiary/aromatic N) is 4. The Labute approximate surface area is 131 Å². The minimum absolute atomic E-state index is 0.292. The summed E-state index contributed by atoms with van der Waals surface area (Å²) in [5.74, 6) is 0.292. The number of fused-ring (bicyclic) bond motifs is 1. The van der Waals surface area contributed by atoms with E-state index in [9.17, 15) is 8.42 Å². The summed E-state index contributed by atoms with van der Waals surface area (Å²) >= 11 is 0. The highest BCUT2D eigenvalue weighted by atomic mass is 32.2. The first-order valence-electron chi connectivity index (χ1n) is 7.38. The summed E-state index contributed by atoms with van der Waals surface area (Å²) < 4.78 is 27.1. The minimum Gasteiger partial charge on any atom is -0.237 e. The van der Waals surface area contributed by atoms with E-state index in [4.69, 9.17) is 0 Å². The van der Waals surface area contributed by atoms with Crippen molar-refractivity contribution in [3.8, 4) is 0 Å². The van der Waals surface area contributed by atoms with Crippen LogP contribution in [-0.2, 0) is 10.2 Å². The van der Waals surface area contributed by atoms with Crippen LogP contribution in [0.25, 0.3) is 11.0 Å². The number of rotatable bonds is 3. The highest BCUT2D eigenvalue weighted by Crippen LogP contribution is 2.29. The van der Waals surface area contributed by atoms with Crippen LogP contribution >= 0.6 is 0 Å². The van der Waals surface area contributed by atoms with Crippen LogP contribution < -0.4 is 0 Å². The molecule has 0 unspecified atom stereocenters. The van der Waals surface area contributed by atoms with E-state index in [1.807, 2.05) is 24.3 Å². The van der Waals surface area contributed by atoms with E-state index in [-0.39, 0.29) is 0 Å². The lowest BCUT2D eigenvalue weighted by Crippen LogP contribution is -2.44. The Morgan fingerprint density at radius 3 is 2.59 bits per heavy atom. The standard InChI is InChI=1S/C15H20N4O2S/c1-18(2)22(20,21)19-10-7-12(8-11-19)14-6-5-13-4-3-9-16-15(13)17-14/h3-6,9,12H,7-8,10-11H2,1-2H3. The topological polar surface area (TPSA) is 66.4 Å². The fourth-order valence-corrected chi connectivity index (χ4v) is 3.94. The quantitative estimate of drug-likeness (QED) is 0.862. The average molecular weight is 320 g/mol. The van der Waals surface area contributed by atoms with Gasteiger partial charge in [0.15, 0.2) is 5.65 Å². The summed E-state index contributed by atoms with van der Waals surface area (Å²) in [5.41, 5.74) is 1.76. The molecule has 2 aromatic heterocycles. The van der Waals surface area contributed by atoms with E-state index in [1.165, 1.54) is 4.31 Å². The summed E-state index contributed by atoms with van der Waals surface area (Å²) in [6.07, 6.45) is 3.32. The maximum absolute atomic E-state index is 12.1. The van der Waals surface area contributed by atoms with E-state index >= 15 is 0 Å². The molecule has 1 aliphatic rings. The largest absolute Gasteiger partial charge is 0.281 e. The second-order valence-corrected chi connectivity index (χ2v) is 7.89. The Kier molecular flexibility index (Phi) is 4.12. The lowest BCUT2D eigenvalue weighted by Gasteiger charge is -2.32. The monoisotopic (exact) mass is 320 g/mol. The van der Waals surface area contributed by atoms with Gasteiger partial charge in [0.05, 0.1) is 0 Å². The second-order valence-electron chi connectivity index (χ2n) is 5.75. The normalized spacial score (nSPS) is 18.1. The summed E-state index contributed by atoms with van der Waals surface area (Å²) in [4.78, 5) is 8.92. The Morgan fingerprint density at radius 2 is 1.91 bits per heavy atom. The Morgan fingerprint density at radius 1 is 1.18 bits per heavy atom. The molecule has 0 saturated carbocycles. The van der Waals surface area contributed by atoms with E-state index in [0.717, 1.165) is 29.6 Å². The van der Waals surface area contributed by atoms with Gasteiger partial charge in [-0.05, 0) is 37.1 Å². The van der Waals surface area contributed by atoms with Gasteiger partial charge in [-0.25, -0.2) is 9.97 Å². The Bertz CT molecular complexity index is 768. The average Bonchev–Trinajstić information content (AvgIpc) is 2.54. The molecule has 0 N–H and O–H groups in total. The lowest BCUT2D eigenvalue weighted by molar-refractivity contribution is 0.300. The third-order valence-electron chi connectivity index (χ3n) is 4.15. The van der Waals surface area contributed by atoms with Crippen molar-refractivity contribution < 1.29 is 8.42 Å². The van der Waals surface area contributed by atoms with Crippen LogP contribution in [-0.4, -0.2) is 54.2 Å². The number of piperidine rings is 1. The highest BCUT2D eigenvalue weighted by molar-refractivity contribution is 7.86. The van der Waals surface area contributed by atoms with Gasteiger partial charge in [-0.2, -0.15) is 17.0 Å². The van der Waals surface area contributed by atoms with E-state index < -0.39 is 10.2 Å². The first-order valence-corrected chi connectivity index (χ1v) is 8.77. The molecule has 6 nitrogen and oxygen atoms in total. The van der Waals surface area contributed by atoms with Crippen LogP contribution in [0.15, 0.2) is 30.5 Å². The van der Waals surface area contributed by atoms with Gasteiger partial charge >= 0.3 is 0 Å². The molecule has 1 aliphatic heterocycles. The molecule has 3 heterocycles. The molecule has 0 aromatic carbocycles. The molecule has 1 fully saturated rings. The predicted octanol–water partition coefficient (Wildman–Crippen LogP) is 1.62. The van der Waals surface area contributed by atoms with Gasteiger partial charge in [0.2, 0.25) is 0 Å². The van der Waals surface area contributed by atoms with Gasteiger partial charge in [0, 0.05) is 50.4 Å². The molecular weight excluding hydrogens is 300 g/mol. The van der Waals surface area contributed by atoms with Crippen molar-refractivity contribution in [3.05, 3.63) is 36.2 Å². The molecule has 1 saturated heterocycles. The molecule has 0 atom stereocenters. The second kappa shape index (κ2) is 5.91. The smallest absolute Gasteiger partial charge is 0.237 e. The van der Waals surface area contributed by atoms with Gasteiger partial charge in [-0.3, -0.25) is 0 Å². The van der Waals surface area contributed by atoms with Crippen molar-refractivity contribution in [2.75, 3.05) is 27.2 Å². The fraction of sp³-hybridized carbons (Fsp3) is 0.467. The molecule has 0 amide bonds. The molecule has 22 heavy (non-hydrogen) atoms. The SMILES string of the molecule is CN(C)S(=O)(=O)N1CCC(c2ccc3cccnc3n2)CC1. The van der Waals surface area contributed by atoms with Crippen LogP contribution in [0.3, 0.4) is 0 Å². The first-order chi connectivity index (χ1) is 10.5. The zero-order valence-corrected chi connectivity index (χ0v) is 13.6. The van der Waals surface area contributed by atoms with Gasteiger partial charge in [0.25, 0.3) is 10.2 Å². The van der Waals surface area contributed by atoms with Gasteiger partial charge in [0.1, 0.15) is 0 Å². The van der Waals surface area contributed by atoms with Crippen molar-refractivity contribution in [3.63, 3.8) is 0 Å². The molecule has 0 spiro atoms. The number of hydrogen-bond donors (Lipinski definition) is 0. The molecule has 118 valence electrons. The number of aromatic nitrogens is 2. The zero-order chi connectivity index (χ0) is 15.7. The molecule has 2 aromatic rings. The fourth-order valence-electron chi connectivity index (χ4n) is 2.81. The third-order valence-corrected chi connectivity index (χ3v) is 6.09. The predicted molar refractivity (Wildman–Crippen MR) is 85.7 cm³/mol. The summed E-state index contributed by atoms with van der Waals surface area (Å²) in [7, 11) is -0.171. The summed E-state index contributed by atoms with van der Waals surface area (Å²) in [6.45, 7) is 1.07. The van der Waals surface area contributed by atoms with E-state index in [1.54, 1.807) is 24.6 Å². The summed E-state index contributed by atoms with van der Waals surface area (Å²) in [5, 5.41) is 1.03. The first kappa shape index (κ1) is 15.3. The molecular formula is C15H20N4O2S. The third kappa shape index (κ3) is 2.84. The molecule has 7 heteroatoms. The van der Waals surface area contributed by atoms with E-state index in [2.05, 4.69) is 9.97 Å². The van der Waals surface area contributed by atoms with Crippen LogP contribution in [0.5, 0.6) is 0 Å². The highest BCUT2D eigenvalue weighted by Gasteiger charge is 2.30. The van der Waals surface area contributed by atoms with Crippen LogP contribution in [0.1, 0.15) is 24.5 Å². The number of pyridine rings is 2. The van der Waals surface area contributed by atoms with Crippen molar-refractivity contribution in [2.45, 2.75) is 18.8 Å². The van der Waals surface area contributed by atoms with E-state index in [0.29, 0.717) is 19.0 Å². The van der Waals surface area contributed by atoms with Gasteiger partial charge in [-0.15, -0.1) is 0 Å². The van der Waals surface area contributed by atoms with Gasteiger partial charge < -0.3 is 0 Å². The maximum atomic E-state index is 12.1. The Hall–Kier alpha value is -1.57. The van der Waals surface area contributed by atoms with Gasteiger partial charge in [-0.1, -0.05) is 0 Å². The minimum atomic E-state index is -3.31. The lowest BCUT2D eigenvalue weighted by atomic mass is 9.94. The number of hydrogen-bond acceptors (Lipinski definition) is 4. The molecule has 0 aliphatic carbocycles. The van der Waals surface area contributed by atoms with Crippen molar-refractivity contribution in [1.82, 2.24) is 18.6 Å². The molecule has 0 radical (unpaired) electrons. The maximum Gasteiger partial charge on any atom is 0.281 e. The zero-order valence-electron chi connectivity index (χ0n) is 12.8. The van der Waals surface area contributed by atoms with Crippen LogP contribution in [0.4, 0.5) is 0 Å². The van der Waals surface area contributed by atoms with Crippen molar-refractivity contribution in [2.24, 2.45) is 0 Å².